The van der Waals surface area contributed by atoms with Crippen molar-refractivity contribution in [2.45, 2.75) is 38.6 Å². The van der Waals surface area contributed by atoms with E-state index in [0.29, 0.717) is 24.6 Å². The fraction of sp³-hybridized carbons (Fsp3) is 0.579. The molecule has 0 aromatic heterocycles. The van der Waals surface area contributed by atoms with Gasteiger partial charge in [0.05, 0.1) is 11.4 Å². The first-order valence-electron chi connectivity index (χ1n) is 9.27. The molecule has 136 valence electrons. The second kappa shape index (κ2) is 7.87. The Morgan fingerprint density at radius 2 is 2.08 bits per heavy atom. The van der Waals surface area contributed by atoms with Gasteiger partial charge in [-0.25, -0.2) is 0 Å². The summed E-state index contributed by atoms with van der Waals surface area (Å²) in [5, 5.41) is 6.29. The molecule has 1 aromatic carbocycles. The van der Waals surface area contributed by atoms with E-state index in [-0.39, 0.29) is 11.8 Å². The number of amides is 2. The van der Waals surface area contributed by atoms with Gasteiger partial charge in [0.25, 0.3) is 5.91 Å². The Labute approximate surface area is 149 Å². The third-order valence-electron chi connectivity index (χ3n) is 5.08. The summed E-state index contributed by atoms with van der Waals surface area (Å²) < 4.78 is 0. The molecular weight excluding hydrogens is 316 g/mol. The van der Waals surface area contributed by atoms with Crippen LogP contribution >= 0.6 is 0 Å². The van der Waals surface area contributed by atoms with Crippen LogP contribution in [0, 0.1) is 0 Å². The minimum Gasteiger partial charge on any atom is -0.372 e. The molecule has 6 heteroatoms. The number of nitrogens with zero attached hydrogens (tertiary/aromatic N) is 2. The smallest absolute Gasteiger partial charge is 0.254 e. The standard InChI is InChI=1S/C19H28N4O2/c1-3-11-23(15-6-9-20-10-7-15)19(25)14-4-5-17-16(13-14)21-18(24)8-12-22(17)2/h4-5,13,15,20H,3,6-12H2,1-2H3,(H,21,24). The van der Waals surface area contributed by atoms with Crippen molar-refractivity contribution in [1.29, 1.82) is 0 Å². The summed E-state index contributed by atoms with van der Waals surface area (Å²) in [6.45, 7) is 5.48. The average molecular weight is 344 g/mol. The maximum atomic E-state index is 13.1. The molecule has 0 unspecified atom stereocenters. The molecule has 0 bridgehead atoms. The van der Waals surface area contributed by atoms with Crippen LogP contribution in [0.15, 0.2) is 18.2 Å². The number of piperidine rings is 1. The van der Waals surface area contributed by atoms with Gasteiger partial charge in [0.1, 0.15) is 0 Å². The number of nitrogens with one attached hydrogen (secondary N) is 2. The van der Waals surface area contributed by atoms with Crippen molar-refractivity contribution in [3.8, 4) is 0 Å². The summed E-state index contributed by atoms with van der Waals surface area (Å²) in [6, 6.07) is 5.96. The Balaban J connectivity index is 1.86. The molecule has 0 radical (unpaired) electrons. The first-order chi connectivity index (χ1) is 12.1. The lowest BCUT2D eigenvalue weighted by Gasteiger charge is -2.35. The summed E-state index contributed by atoms with van der Waals surface area (Å²) in [6.07, 6.45) is 3.40. The normalized spacial score (nSPS) is 18.3. The first-order valence-corrected chi connectivity index (χ1v) is 9.27. The molecule has 1 aromatic rings. The van der Waals surface area contributed by atoms with E-state index >= 15 is 0 Å². The zero-order valence-electron chi connectivity index (χ0n) is 15.2. The van der Waals surface area contributed by atoms with Gasteiger partial charge in [-0.05, 0) is 50.6 Å². The number of hydrogen-bond donors (Lipinski definition) is 2. The highest BCUT2D eigenvalue weighted by Crippen LogP contribution is 2.30. The van der Waals surface area contributed by atoms with Crippen LogP contribution in [-0.2, 0) is 4.79 Å². The van der Waals surface area contributed by atoms with Gasteiger partial charge in [-0.3, -0.25) is 9.59 Å². The Bertz CT molecular complexity index is 640. The van der Waals surface area contributed by atoms with Crippen LogP contribution < -0.4 is 15.5 Å². The van der Waals surface area contributed by atoms with Crippen LogP contribution in [0.25, 0.3) is 0 Å². The summed E-state index contributed by atoms with van der Waals surface area (Å²) in [4.78, 5) is 29.1. The SMILES string of the molecule is CCCN(C(=O)c1ccc2c(c1)NC(=O)CCN2C)C1CCNCC1. The number of hydrogen-bond acceptors (Lipinski definition) is 4. The van der Waals surface area contributed by atoms with Gasteiger partial charge in [0, 0.05) is 38.2 Å². The highest BCUT2D eigenvalue weighted by atomic mass is 16.2. The number of benzene rings is 1. The van der Waals surface area contributed by atoms with E-state index in [9.17, 15) is 9.59 Å². The van der Waals surface area contributed by atoms with Crippen molar-refractivity contribution in [2.75, 3.05) is 43.4 Å². The maximum Gasteiger partial charge on any atom is 0.254 e. The number of fused-ring (bicyclic) bond motifs is 1. The van der Waals surface area contributed by atoms with Crippen molar-refractivity contribution in [3.63, 3.8) is 0 Å². The van der Waals surface area contributed by atoms with Crippen molar-refractivity contribution in [1.82, 2.24) is 10.2 Å². The van der Waals surface area contributed by atoms with Crippen LogP contribution in [0.1, 0.15) is 43.0 Å². The van der Waals surface area contributed by atoms with E-state index < -0.39 is 0 Å². The molecule has 0 spiro atoms. The number of carbonyl (C=O) groups is 2. The lowest BCUT2D eigenvalue weighted by molar-refractivity contribution is -0.115. The monoisotopic (exact) mass is 344 g/mol. The van der Waals surface area contributed by atoms with Crippen LogP contribution in [0.4, 0.5) is 11.4 Å². The second-order valence-electron chi connectivity index (χ2n) is 6.93. The fourth-order valence-corrected chi connectivity index (χ4v) is 3.68. The summed E-state index contributed by atoms with van der Waals surface area (Å²) in [7, 11) is 1.97. The lowest BCUT2D eigenvalue weighted by atomic mass is 10.0. The fourth-order valence-electron chi connectivity index (χ4n) is 3.68. The molecule has 2 aliphatic rings. The summed E-state index contributed by atoms with van der Waals surface area (Å²) in [5.41, 5.74) is 2.35. The van der Waals surface area contributed by atoms with Crippen LogP contribution in [0.5, 0.6) is 0 Å². The van der Waals surface area contributed by atoms with E-state index in [1.54, 1.807) is 0 Å². The Hall–Kier alpha value is -2.08. The van der Waals surface area contributed by atoms with Gasteiger partial charge in [0.2, 0.25) is 5.91 Å². The third kappa shape index (κ3) is 3.95. The molecule has 1 saturated heterocycles. The Morgan fingerprint density at radius 1 is 1.32 bits per heavy atom. The van der Waals surface area contributed by atoms with Gasteiger partial charge in [-0.2, -0.15) is 0 Å². The van der Waals surface area contributed by atoms with Crippen molar-refractivity contribution < 1.29 is 9.59 Å². The van der Waals surface area contributed by atoms with E-state index in [1.165, 1.54) is 0 Å². The van der Waals surface area contributed by atoms with Gasteiger partial charge in [0.15, 0.2) is 0 Å². The topological polar surface area (TPSA) is 64.7 Å². The maximum absolute atomic E-state index is 13.1. The van der Waals surface area contributed by atoms with E-state index in [2.05, 4.69) is 22.5 Å². The minimum absolute atomic E-state index is 0.000955. The average Bonchev–Trinajstić information content (AvgIpc) is 2.78. The van der Waals surface area contributed by atoms with Crippen LogP contribution in [0.3, 0.4) is 0 Å². The molecule has 0 saturated carbocycles. The first kappa shape index (κ1) is 17.7. The highest BCUT2D eigenvalue weighted by Gasteiger charge is 2.26. The second-order valence-corrected chi connectivity index (χ2v) is 6.93. The number of carbonyl (C=O) groups excluding carboxylic acids is 2. The Kier molecular flexibility index (Phi) is 5.58. The number of anilines is 2. The molecular formula is C19H28N4O2. The predicted molar refractivity (Wildman–Crippen MR) is 100 cm³/mol. The van der Waals surface area contributed by atoms with Gasteiger partial charge < -0.3 is 20.4 Å². The third-order valence-corrected chi connectivity index (χ3v) is 5.08. The quantitative estimate of drug-likeness (QED) is 0.878. The molecule has 0 atom stereocenters. The minimum atomic E-state index is -0.000955. The molecule has 2 heterocycles. The van der Waals surface area contributed by atoms with E-state index in [0.717, 1.165) is 50.3 Å². The zero-order valence-corrected chi connectivity index (χ0v) is 15.2. The molecule has 0 aliphatic carbocycles. The summed E-state index contributed by atoms with van der Waals surface area (Å²) >= 11 is 0. The van der Waals surface area contributed by atoms with Crippen LogP contribution in [-0.4, -0.2) is 56.0 Å². The molecule has 1 fully saturated rings. The molecule has 25 heavy (non-hydrogen) atoms. The van der Waals surface area contributed by atoms with E-state index in [4.69, 9.17) is 0 Å². The molecule has 2 aliphatic heterocycles. The van der Waals surface area contributed by atoms with E-state index in [1.807, 2.05) is 30.1 Å². The van der Waals surface area contributed by atoms with Crippen LogP contribution in [0.2, 0.25) is 0 Å². The number of rotatable bonds is 4. The Morgan fingerprint density at radius 3 is 2.80 bits per heavy atom. The highest BCUT2D eigenvalue weighted by molar-refractivity contribution is 6.01. The molecule has 6 nitrogen and oxygen atoms in total. The van der Waals surface area contributed by atoms with Crippen molar-refractivity contribution in [3.05, 3.63) is 23.8 Å². The largest absolute Gasteiger partial charge is 0.372 e. The van der Waals surface area contributed by atoms with Gasteiger partial charge >= 0.3 is 0 Å². The van der Waals surface area contributed by atoms with Crippen molar-refractivity contribution >= 4 is 23.2 Å². The summed E-state index contributed by atoms with van der Waals surface area (Å²) in [5.74, 6) is 0.0664. The zero-order chi connectivity index (χ0) is 17.8. The van der Waals surface area contributed by atoms with Gasteiger partial charge in [-0.1, -0.05) is 6.92 Å². The molecule has 2 N–H and O–H groups in total. The predicted octanol–water partition coefficient (Wildman–Crippen LogP) is 2.07. The lowest BCUT2D eigenvalue weighted by Crippen LogP contribution is -2.46. The van der Waals surface area contributed by atoms with Gasteiger partial charge in [-0.15, -0.1) is 0 Å². The molecule has 3 rings (SSSR count). The molecule has 2 amide bonds. The van der Waals surface area contributed by atoms with Crippen molar-refractivity contribution in [2.24, 2.45) is 0 Å².